The second-order valence-electron chi connectivity index (χ2n) is 9.77. The molecule has 37 heavy (non-hydrogen) atoms. The summed E-state index contributed by atoms with van der Waals surface area (Å²) in [4.78, 5) is 27.8. The number of fused-ring (bicyclic) bond motifs is 1. The maximum Gasteiger partial charge on any atom is 0.408 e. The van der Waals surface area contributed by atoms with Crippen LogP contribution in [0, 0.1) is 5.82 Å². The highest BCUT2D eigenvalue weighted by Gasteiger charge is 2.34. The average Bonchev–Trinajstić information content (AvgIpc) is 2.91. The van der Waals surface area contributed by atoms with Crippen molar-refractivity contribution in [3.05, 3.63) is 94.7 Å². The van der Waals surface area contributed by atoms with Gasteiger partial charge in [-0.2, -0.15) is 0 Å². The van der Waals surface area contributed by atoms with Crippen molar-refractivity contribution in [1.82, 2.24) is 5.32 Å². The van der Waals surface area contributed by atoms with Crippen molar-refractivity contribution in [1.29, 1.82) is 0 Å². The number of amides is 2. The molecule has 4 rings (SSSR count). The second kappa shape index (κ2) is 10.8. The van der Waals surface area contributed by atoms with E-state index in [0.717, 1.165) is 5.56 Å². The van der Waals surface area contributed by atoms with Gasteiger partial charge in [0, 0.05) is 12.0 Å². The Labute approximate surface area is 224 Å². The number of hydrogen-bond donors (Lipinski definition) is 1. The number of ether oxygens (including phenoxy) is 2. The van der Waals surface area contributed by atoms with Gasteiger partial charge in [0.25, 0.3) is 0 Å². The van der Waals surface area contributed by atoms with Gasteiger partial charge in [0.15, 0.2) is 0 Å². The number of nitrogens with one attached hydrogen (secondary N) is 1. The van der Waals surface area contributed by atoms with Gasteiger partial charge in [-0.3, -0.25) is 4.79 Å². The Hall–Kier alpha value is -3.65. The molecule has 3 aromatic carbocycles. The van der Waals surface area contributed by atoms with E-state index in [4.69, 9.17) is 9.47 Å². The van der Waals surface area contributed by atoms with Crippen molar-refractivity contribution >= 4 is 39.2 Å². The van der Waals surface area contributed by atoms with Crippen LogP contribution in [-0.4, -0.2) is 23.6 Å². The molecule has 8 heteroatoms. The normalized spacial score (nSPS) is 15.6. The topological polar surface area (TPSA) is 67.9 Å². The van der Waals surface area contributed by atoms with Gasteiger partial charge in [-0.15, -0.1) is 0 Å². The maximum atomic E-state index is 14.5. The number of alkyl carbamates (subject to hydrolysis) is 1. The Morgan fingerprint density at radius 1 is 1.11 bits per heavy atom. The Morgan fingerprint density at radius 3 is 2.41 bits per heavy atom. The lowest BCUT2D eigenvalue weighted by atomic mass is 10.0. The van der Waals surface area contributed by atoms with Crippen molar-refractivity contribution in [3.8, 4) is 11.5 Å². The molecule has 3 aromatic rings. The van der Waals surface area contributed by atoms with Gasteiger partial charge >= 0.3 is 6.09 Å². The molecule has 0 bridgehead atoms. The van der Waals surface area contributed by atoms with Gasteiger partial charge in [0.1, 0.15) is 29.0 Å². The van der Waals surface area contributed by atoms with E-state index in [9.17, 15) is 14.0 Å². The van der Waals surface area contributed by atoms with Crippen molar-refractivity contribution in [2.24, 2.45) is 0 Å². The van der Waals surface area contributed by atoms with E-state index in [1.54, 1.807) is 26.8 Å². The molecule has 6 nitrogen and oxygen atoms in total. The van der Waals surface area contributed by atoms with Gasteiger partial charge in [0.05, 0.1) is 16.7 Å². The molecule has 0 saturated carbocycles. The van der Waals surface area contributed by atoms with E-state index in [2.05, 4.69) is 27.8 Å². The lowest BCUT2D eigenvalue weighted by Crippen LogP contribution is -2.49. The van der Waals surface area contributed by atoms with Gasteiger partial charge in [-0.05, 0) is 84.2 Å². The molecule has 192 valence electrons. The van der Waals surface area contributed by atoms with Crippen LogP contribution in [-0.2, 0) is 16.1 Å². The fourth-order valence-electron chi connectivity index (χ4n) is 3.99. The van der Waals surface area contributed by atoms with E-state index >= 15 is 0 Å². The molecule has 1 aliphatic rings. The first-order chi connectivity index (χ1) is 17.5. The number of anilines is 1. The average molecular weight is 567 g/mol. The summed E-state index contributed by atoms with van der Waals surface area (Å²) in [6.45, 7) is 9.50. The quantitative estimate of drug-likeness (QED) is 0.354. The first kappa shape index (κ1) is 26.4. The molecule has 0 spiro atoms. The lowest BCUT2D eigenvalue weighted by molar-refractivity contribution is -0.120. The zero-order valence-electron chi connectivity index (χ0n) is 20.9. The zero-order valence-corrected chi connectivity index (χ0v) is 22.5. The summed E-state index contributed by atoms with van der Waals surface area (Å²) in [7, 11) is 0. The molecular formula is C29H28BrFN2O4. The summed E-state index contributed by atoms with van der Waals surface area (Å²) in [6.07, 6.45) is -0.591. The standard InChI is InChI=1S/C29H28BrFN2O4/c1-18-14-25(32-28(35)37-29(2,3)4)27(34)33(26-16-23(30)24(31)15-22(18)26)17-19-10-12-21(13-11-19)36-20-8-6-5-7-9-20/h5-13,15-16,25H,1,14,17H2,2-4H3,(H,32,35). The summed E-state index contributed by atoms with van der Waals surface area (Å²) >= 11 is 3.23. The molecule has 0 aliphatic carbocycles. The number of para-hydroxylation sites is 1. The smallest absolute Gasteiger partial charge is 0.408 e. The molecule has 0 aromatic heterocycles. The molecule has 1 aliphatic heterocycles. The third-order valence-electron chi connectivity index (χ3n) is 5.66. The molecule has 0 saturated heterocycles. The highest BCUT2D eigenvalue weighted by atomic mass is 79.9. The minimum absolute atomic E-state index is 0.118. The van der Waals surface area contributed by atoms with Gasteiger partial charge in [-0.1, -0.05) is 36.9 Å². The number of rotatable bonds is 5. The van der Waals surface area contributed by atoms with Crippen LogP contribution in [0.2, 0.25) is 0 Å². The van der Waals surface area contributed by atoms with Crippen molar-refractivity contribution in [2.75, 3.05) is 4.90 Å². The van der Waals surface area contributed by atoms with Crippen molar-refractivity contribution < 1.29 is 23.5 Å². The Bertz CT molecular complexity index is 1320. The fourth-order valence-corrected chi connectivity index (χ4v) is 4.32. The Balaban J connectivity index is 1.63. The zero-order chi connectivity index (χ0) is 26.7. The van der Waals surface area contributed by atoms with E-state index in [1.165, 1.54) is 11.0 Å². The van der Waals surface area contributed by atoms with Gasteiger partial charge < -0.3 is 19.7 Å². The molecule has 0 fully saturated rings. The highest BCUT2D eigenvalue weighted by molar-refractivity contribution is 9.10. The fraction of sp³-hybridized carbons (Fsp3) is 0.241. The largest absolute Gasteiger partial charge is 0.457 e. The SMILES string of the molecule is C=C1CC(NC(=O)OC(C)(C)C)C(=O)N(Cc2ccc(Oc3ccccc3)cc2)c2cc(Br)c(F)cc21. The third kappa shape index (κ3) is 6.57. The van der Waals surface area contributed by atoms with Crippen LogP contribution in [0.1, 0.15) is 38.3 Å². The summed E-state index contributed by atoms with van der Waals surface area (Å²) < 4.78 is 25.9. The van der Waals surface area contributed by atoms with Crippen LogP contribution >= 0.6 is 15.9 Å². The highest BCUT2D eigenvalue weighted by Crippen LogP contribution is 2.38. The first-order valence-corrected chi connectivity index (χ1v) is 12.6. The van der Waals surface area contributed by atoms with E-state index < -0.39 is 23.6 Å². The number of hydrogen-bond acceptors (Lipinski definition) is 4. The van der Waals surface area contributed by atoms with Crippen molar-refractivity contribution in [3.63, 3.8) is 0 Å². The Kier molecular flexibility index (Phi) is 7.68. The minimum atomic E-state index is -0.933. The van der Waals surface area contributed by atoms with Crippen LogP contribution < -0.4 is 15.0 Å². The maximum absolute atomic E-state index is 14.5. The van der Waals surface area contributed by atoms with E-state index in [1.807, 2.05) is 54.6 Å². The number of benzene rings is 3. The first-order valence-electron chi connectivity index (χ1n) is 11.8. The third-order valence-corrected chi connectivity index (χ3v) is 6.27. The number of carbonyl (C=O) groups is 2. The van der Waals surface area contributed by atoms with Crippen LogP contribution in [0.5, 0.6) is 11.5 Å². The predicted molar refractivity (Wildman–Crippen MR) is 145 cm³/mol. The molecule has 1 atom stereocenters. The molecular weight excluding hydrogens is 539 g/mol. The monoisotopic (exact) mass is 566 g/mol. The number of halogens is 2. The second-order valence-corrected chi connectivity index (χ2v) is 10.6. The van der Waals surface area contributed by atoms with Crippen LogP contribution in [0.15, 0.2) is 77.8 Å². The summed E-state index contributed by atoms with van der Waals surface area (Å²) in [5.74, 6) is 0.552. The van der Waals surface area contributed by atoms with Crippen LogP contribution in [0.4, 0.5) is 14.9 Å². The molecule has 1 N–H and O–H groups in total. The van der Waals surface area contributed by atoms with E-state index in [-0.39, 0.29) is 23.3 Å². The number of carbonyl (C=O) groups excluding carboxylic acids is 2. The van der Waals surface area contributed by atoms with Crippen LogP contribution in [0.3, 0.4) is 0 Å². The molecule has 0 radical (unpaired) electrons. The Morgan fingerprint density at radius 2 is 1.76 bits per heavy atom. The summed E-state index contributed by atoms with van der Waals surface area (Å²) in [6, 6.07) is 18.8. The lowest BCUT2D eigenvalue weighted by Gasteiger charge is -2.27. The molecule has 2 amide bonds. The number of nitrogens with zero attached hydrogens (tertiary/aromatic N) is 1. The summed E-state index contributed by atoms with van der Waals surface area (Å²) in [5, 5.41) is 2.67. The minimum Gasteiger partial charge on any atom is -0.457 e. The van der Waals surface area contributed by atoms with E-state index in [0.29, 0.717) is 28.3 Å². The van der Waals surface area contributed by atoms with Crippen LogP contribution in [0.25, 0.3) is 5.57 Å². The van der Waals surface area contributed by atoms with Gasteiger partial charge in [0.2, 0.25) is 5.91 Å². The molecule has 1 unspecified atom stereocenters. The summed E-state index contributed by atoms with van der Waals surface area (Å²) in [5.41, 5.74) is 1.64. The van der Waals surface area contributed by atoms with Crippen molar-refractivity contribution in [2.45, 2.75) is 45.4 Å². The predicted octanol–water partition coefficient (Wildman–Crippen LogP) is 7.22. The van der Waals surface area contributed by atoms with Gasteiger partial charge in [-0.25, -0.2) is 9.18 Å². The molecule has 1 heterocycles.